The molecule has 0 radical (unpaired) electrons. The molecule has 134 valence electrons. The van der Waals surface area contributed by atoms with E-state index >= 15 is 0 Å². The summed E-state index contributed by atoms with van der Waals surface area (Å²) in [6.07, 6.45) is 1.45. The molecule has 0 aliphatic carbocycles. The van der Waals surface area contributed by atoms with Crippen molar-refractivity contribution in [1.29, 1.82) is 0 Å². The minimum Gasteiger partial charge on any atom is -0.495 e. The third kappa shape index (κ3) is 4.05. The lowest BCUT2D eigenvalue weighted by molar-refractivity contribution is -0.117. The second-order valence-electron chi connectivity index (χ2n) is 5.89. The van der Waals surface area contributed by atoms with Gasteiger partial charge in [0.1, 0.15) is 11.7 Å². The normalized spacial score (nSPS) is 11.8. The number of aryl methyl sites for hydroxylation is 1. The molecular formula is C19H21N5O2. The predicted octanol–water partition coefficient (Wildman–Crippen LogP) is 2.74. The summed E-state index contributed by atoms with van der Waals surface area (Å²) in [6, 6.07) is 15.5. The third-order valence-electron chi connectivity index (χ3n) is 4.23. The Hall–Kier alpha value is -3.22. The maximum Gasteiger partial charge on any atom is 0.235 e. The number of tetrazole rings is 1. The fraction of sp³-hybridized carbons (Fsp3) is 0.263. The molecular weight excluding hydrogens is 330 g/mol. The van der Waals surface area contributed by atoms with Crippen molar-refractivity contribution in [2.45, 2.75) is 25.7 Å². The van der Waals surface area contributed by atoms with E-state index in [0.29, 0.717) is 23.7 Å². The Morgan fingerprint density at radius 3 is 2.54 bits per heavy atom. The lowest BCUT2D eigenvalue weighted by Crippen LogP contribution is -2.24. The molecule has 1 aromatic heterocycles. The highest BCUT2D eigenvalue weighted by atomic mass is 16.5. The van der Waals surface area contributed by atoms with Crippen LogP contribution < -0.4 is 10.1 Å². The molecule has 3 rings (SSSR count). The van der Waals surface area contributed by atoms with Crippen LogP contribution in [0, 0.1) is 0 Å². The first-order valence-electron chi connectivity index (χ1n) is 8.46. The minimum absolute atomic E-state index is 0.213. The van der Waals surface area contributed by atoms with Gasteiger partial charge in [0, 0.05) is 0 Å². The molecule has 0 saturated heterocycles. The van der Waals surface area contributed by atoms with Crippen LogP contribution in [0.1, 0.15) is 29.8 Å². The number of hydrogen-bond acceptors (Lipinski definition) is 5. The number of benzene rings is 2. The first-order valence-corrected chi connectivity index (χ1v) is 8.46. The van der Waals surface area contributed by atoms with E-state index in [1.165, 1.54) is 5.56 Å². The van der Waals surface area contributed by atoms with Crippen LogP contribution in [0.15, 0.2) is 48.5 Å². The smallest absolute Gasteiger partial charge is 0.235 e. The lowest BCUT2D eigenvalue weighted by Gasteiger charge is -2.15. The van der Waals surface area contributed by atoms with Crippen LogP contribution in [-0.2, 0) is 17.6 Å². The quantitative estimate of drug-likeness (QED) is 0.683. The fourth-order valence-electron chi connectivity index (χ4n) is 2.73. The number of nitrogens with zero attached hydrogens (tertiary/aromatic N) is 3. The van der Waals surface area contributed by atoms with Crippen LogP contribution in [0.3, 0.4) is 0 Å². The van der Waals surface area contributed by atoms with Gasteiger partial charge in [-0.25, -0.2) is 0 Å². The summed E-state index contributed by atoms with van der Waals surface area (Å²) in [7, 11) is 1.57. The average molecular weight is 351 g/mol. The van der Waals surface area contributed by atoms with Gasteiger partial charge in [-0.05, 0) is 36.1 Å². The molecule has 0 fully saturated rings. The van der Waals surface area contributed by atoms with Crippen LogP contribution in [0.25, 0.3) is 0 Å². The number of carbonyl (C=O) groups is 1. The van der Waals surface area contributed by atoms with Gasteiger partial charge in [0.05, 0.1) is 12.8 Å². The molecule has 2 aromatic carbocycles. The number of hydrogen-bond donors (Lipinski definition) is 2. The van der Waals surface area contributed by atoms with E-state index in [2.05, 4.69) is 45.0 Å². The molecule has 7 nitrogen and oxygen atoms in total. The van der Waals surface area contributed by atoms with Gasteiger partial charge in [0.2, 0.25) is 5.91 Å². The number of anilines is 1. The van der Waals surface area contributed by atoms with Crippen molar-refractivity contribution in [1.82, 2.24) is 20.6 Å². The van der Waals surface area contributed by atoms with Crippen LogP contribution in [0.4, 0.5) is 5.69 Å². The van der Waals surface area contributed by atoms with E-state index in [1.54, 1.807) is 19.2 Å². The van der Waals surface area contributed by atoms with Gasteiger partial charge in [0.25, 0.3) is 0 Å². The number of nitrogens with one attached hydrogen (secondary N) is 2. The largest absolute Gasteiger partial charge is 0.495 e. The molecule has 0 unspecified atom stereocenters. The first kappa shape index (κ1) is 17.6. The van der Waals surface area contributed by atoms with Gasteiger partial charge >= 0.3 is 0 Å². The van der Waals surface area contributed by atoms with Crippen LogP contribution in [-0.4, -0.2) is 33.6 Å². The molecule has 3 aromatic rings. The molecule has 7 heteroatoms. The maximum absolute atomic E-state index is 12.9. The summed E-state index contributed by atoms with van der Waals surface area (Å²) in [4.78, 5) is 12.9. The van der Waals surface area contributed by atoms with E-state index < -0.39 is 5.92 Å². The summed E-state index contributed by atoms with van der Waals surface area (Å²) in [5, 5.41) is 16.9. The summed E-state index contributed by atoms with van der Waals surface area (Å²) in [5.41, 5.74) is 2.89. The van der Waals surface area contributed by atoms with Crippen molar-refractivity contribution >= 4 is 11.6 Å². The van der Waals surface area contributed by atoms with E-state index in [-0.39, 0.29) is 5.91 Å². The molecule has 1 amide bonds. The van der Waals surface area contributed by atoms with Gasteiger partial charge in [0.15, 0.2) is 5.82 Å². The van der Waals surface area contributed by atoms with E-state index in [0.717, 1.165) is 12.0 Å². The van der Waals surface area contributed by atoms with Crippen molar-refractivity contribution in [3.05, 3.63) is 65.5 Å². The Morgan fingerprint density at radius 1 is 1.15 bits per heavy atom. The summed E-state index contributed by atoms with van der Waals surface area (Å²) in [5.74, 6) is 0.179. The third-order valence-corrected chi connectivity index (χ3v) is 4.23. The van der Waals surface area contributed by atoms with Gasteiger partial charge in [-0.15, -0.1) is 10.2 Å². The van der Waals surface area contributed by atoms with Crippen molar-refractivity contribution in [2.24, 2.45) is 0 Å². The van der Waals surface area contributed by atoms with Crippen LogP contribution in [0.2, 0.25) is 0 Å². The molecule has 0 bridgehead atoms. The van der Waals surface area contributed by atoms with Gasteiger partial charge < -0.3 is 10.1 Å². The van der Waals surface area contributed by atoms with Crippen molar-refractivity contribution in [2.75, 3.05) is 12.4 Å². The number of carbonyl (C=O) groups excluding carboxylic acids is 1. The Balaban J connectivity index is 1.82. The maximum atomic E-state index is 12.9. The van der Waals surface area contributed by atoms with E-state index in [9.17, 15) is 4.79 Å². The molecule has 0 aliphatic heterocycles. The highest BCUT2D eigenvalue weighted by Crippen LogP contribution is 2.26. The summed E-state index contributed by atoms with van der Waals surface area (Å²) in [6.45, 7) is 2.11. The molecule has 2 N–H and O–H groups in total. The lowest BCUT2D eigenvalue weighted by atomic mass is 9.96. The van der Waals surface area contributed by atoms with E-state index in [1.807, 2.05) is 24.3 Å². The zero-order chi connectivity index (χ0) is 18.4. The van der Waals surface area contributed by atoms with Crippen molar-refractivity contribution < 1.29 is 9.53 Å². The molecule has 1 atom stereocenters. The topological polar surface area (TPSA) is 92.8 Å². The molecule has 26 heavy (non-hydrogen) atoms. The molecule has 0 saturated carbocycles. The van der Waals surface area contributed by atoms with Crippen molar-refractivity contribution in [3.63, 3.8) is 0 Å². The monoisotopic (exact) mass is 351 g/mol. The number of amides is 1. The average Bonchev–Trinajstić information content (AvgIpc) is 3.21. The second-order valence-corrected chi connectivity index (χ2v) is 5.89. The minimum atomic E-state index is -0.564. The van der Waals surface area contributed by atoms with Gasteiger partial charge in [-0.2, -0.15) is 5.21 Å². The first-order chi connectivity index (χ1) is 12.7. The zero-order valence-electron chi connectivity index (χ0n) is 14.8. The Bertz CT molecular complexity index is 847. The standard InChI is InChI=1S/C19H21N5O2/c1-3-13-8-10-14(11-9-13)12-15(18-21-23-24-22-18)19(25)20-16-6-4-5-7-17(16)26-2/h4-11,15H,3,12H2,1-2H3,(H,20,25)(H,21,22,23,24)/t15-/m0/s1. The number of ether oxygens (including phenoxy) is 1. The summed E-state index contributed by atoms with van der Waals surface area (Å²) < 4.78 is 5.30. The van der Waals surface area contributed by atoms with Crippen molar-refractivity contribution in [3.8, 4) is 5.75 Å². The van der Waals surface area contributed by atoms with Gasteiger partial charge in [-0.1, -0.05) is 48.5 Å². The Morgan fingerprint density at radius 2 is 1.88 bits per heavy atom. The molecule has 0 spiro atoms. The number of H-pyrrole nitrogens is 1. The second kappa shape index (κ2) is 8.24. The Kier molecular flexibility index (Phi) is 5.58. The highest BCUT2D eigenvalue weighted by molar-refractivity contribution is 5.96. The Labute approximate surface area is 151 Å². The number of methoxy groups -OCH3 is 1. The fourth-order valence-corrected chi connectivity index (χ4v) is 2.73. The van der Waals surface area contributed by atoms with Crippen LogP contribution >= 0.6 is 0 Å². The summed E-state index contributed by atoms with van der Waals surface area (Å²) >= 11 is 0. The molecule has 1 heterocycles. The van der Waals surface area contributed by atoms with Crippen LogP contribution in [0.5, 0.6) is 5.75 Å². The number of aromatic nitrogens is 4. The highest BCUT2D eigenvalue weighted by Gasteiger charge is 2.26. The number of aromatic amines is 1. The van der Waals surface area contributed by atoms with Gasteiger partial charge in [-0.3, -0.25) is 4.79 Å². The number of para-hydroxylation sites is 2. The van der Waals surface area contributed by atoms with E-state index in [4.69, 9.17) is 4.74 Å². The zero-order valence-corrected chi connectivity index (χ0v) is 14.8. The molecule has 0 aliphatic rings. The SMILES string of the molecule is CCc1ccc(C[C@H](C(=O)Nc2ccccc2OC)c2nn[nH]n2)cc1. The predicted molar refractivity (Wildman–Crippen MR) is 98.1 cm³/mol. The number of rotatable bonds is 7.